The molecular weight excluding hydrogens is 388 g/mol. The fraction of sp³-hybridized carbons (Fsp3) is 0.158. The van der Waals surface area contributed by atoms with Crippen molar-refractivity contribution in [1.29, 1.82) is 0 Å². The number of aromatic nitrogens is 1. The number of hydrogen-bond acceptors (Lipinski definition) is 5. The molecule has 132 valence electrons. The van der Waals surface area contributed by atoms with Crippen LogP contribution in [-0.4, -0.2) is 29.8 Å². The van der Waals surface area contributed by atoms with Gasteiger partial charge in [0.05, 0.1) is 27.5 Å². The largest absolute Gasteiger partial charge is 0.479 e. The summed E-state index contributed by atoms with van der Waals surface area (Å²) in [5.41, 5.74) is 0.963. The van der Waals surface area contributed by atoms with Gasteiger partial charge in [-0.3, -0.25) is 4.79 Å². The molecule has 2 aromatic carbocycles. The molecular formula is C19H15ClN2O2S2. The molecule has 0 bridgehead atoms. The molecule has 0 atom stereocenters. The highest BCUT2D eigenvalue weighted by Crippen LogP contribution is 2.29. The minimum Gasteiger partial charge on any atom is -0.479 e. The first-order chi connectivity index (χ1) is 12.7. The third-order valence-corrected chi connectivity index (χ3v) is 5.73. The van der Waals surface area contributed by atoms with Gasteiger partial charge in [-0.1, -0.05) is 59.5 Å². The number of thiazole rings is 1. The van der Waals surface area contributed by atoms with Crippen molar-refractivity contribution in [3.05, 3.63) is 53.6 Å². The molecule has 1 heterocycles. The smallest absolute Gasteiger partial charge is 0.231 e. The number of para-hydroxylation sites is 2. The molecule has 3 aromatic rings. The molecule has 7 heteroatoms. The van der Waals surface area contributed by atoms with Gasteiger partial charge in [0, 0.05) is 0 Å². The first-order valence-corrected chi connectivity index (χ1v) is 9.98. The summed E-state index contributed by atoms with van der Waals surface area (Å²) < 4.78 is 7.46. The van der Waals surface area contributed by atoms with E-state index < -0.39 is 0 Å². The molecule has 0 aliphatic carbocycles. The van der Waals surface area contributed by atoms with Crippen LogP contribution in [0.3, 0.4) is 0 Å². The van der Waals surface area contributed by atoms with Gasteiger partial charge < -0.3 is 10.1 Å². The molecule has 1 amide bonds. The van der Waals surface area contributed by atoms with Gasteiger partial charge in [-0.25, -0.2) is 4.98 Å². The number of ether oxygens (including phenoxy) is 1. The second-order valence-corrected chi connectivity index (χ2v) is 7.75. The van der Waals surface area contributed by atoms with E-state index >= 15 is 0 Å². The summed E-state index contributed by atoms with van der Waals surface area (Å²) in [6, 6.07) is 15.2. The summed E-state index contributed by atoms with van der Waals surface area (Å²) in [5.74, 6) is 6.54. The molecule has 4 nitrogen and oxygen atoms in total. The Hall–Kier alpha value is -2.20. The number of thioether (sulfide) groups is 1. The molecule has 0 radical (unpaired) electrons. The van der Waals surface area contributed by atoms with Gasteiger partial charge in [0.25, 0.3) is 0 Å². The van der Waals surface area contributed by atoms with Gasteiger partial charge >= 0.3 is 0 Å². The van der Waals surface area contributed by atoms with Crippen molar-refractivity contribution in [2.45, 2.75) is 4.34 Å². The Labute approximate surface area is 164 Å². The molecule has 0 fully saturated rings. The van der Waals surface area contributed by atoms with Crippen molar-refractivity contribution in [2.75, 3.05) is 18.9 Å². The van der Waals surface area contributed by atoms with E-state index in [1.54, 1.807) is 23.5 Å². The van der Waals surface area contributed by atoms with E-state index in [1.165, 1.54) is 11.8 Å². The first-order valence-electron chi connectivity index (χ1n) is 7.80. The monoisotopic (exact) mass is 402 g/mol. The standard InChI is InChI=1S/C19H15ClN2O2S2/c20-14-7-1-3-9-16(14)24-12-6-5-11-21-18(23)13-25-19-22-15-8-2-4-10-17(15)26-19/h1-4,7-10H,11-13H2,(H,21,23). The van der Waals surface area contributed by atoms with Crippen molar-refractivity contribution >= 4 is 50.8 Å². The van der Waals surface area contributed by atoms with Crippen LogP contribution in [0.25, 0.3) is 10.2 Å². The molecule has 3 rings (SSSR count). The van der Waals surface area contributed by atoms with Crippen LogP contribution in [0.1, 0.15) is 0 Å². The number of carbonyl (C=O) groups excluding carboxylic acids is 1. The zero-order valence-corrected chi connectivity index (χ0v) is 16.1. The number of benzene rings is 2. The first kappa shape index (κ1) is 18.6. The van der Waals surface area contributed by atoms with Gasteiger partial charge in [-0.05, 0) is 24.3 Å². The molecule has 0 spiro atoms. The Balaban J connectivity index is 1.36. The highest BCUT2D eigenvalue weighted by Gasteiger charge is 2.06. The summed E-state index contributed by atoms with van der Waals surface area (Å²) in [6.07, 6.45) is 0. The van der Waals surface area contributed by atoms with E-state index in [2.05, 4.69) is 22.1 Å². The van der Waals surface area contributed by atoms with Crippen LogP contribution in [-0.2, 0) is 4.79 Å². The molecule has 0 saturated carbocycles. The van der Waals surface area contributed by atoms with E-state index in [1.807, 2.05) is 36.4 Å². The second kappa shape index (κ2) is 9.48. The van der Waals surface area contributed by atoms with E-state index in [0.29, 0.717) is 16.5 Å². The van der Waals surface area contributed by atoms with Gasteiger partial charge in [-0.15, -0.1) is 11.3 Å². The average molecular weight is 403 g/mol. The SMILES string of the molecule is O=C(CSc1nc2ccccc2s1)NCC#CCOc1ccccc1Cl. The number of nitrogens with one attached hydrogen (secondary N) is 1. The lowest BCUT2D eigenvalue weighted by atomic mass is 10.3. The van der Waals surface area contributed by atoms with Crippen molar-refractivity contribution in [3.63, 3.8) is 0 Å². The van der Waals surface area contributed by atoms with Gasteiger partial charge in [0.15, 0.2) is 4.34 Å². The van der Waals surface area contributed by atoms with Crippen LogP contribution in [0.5, 0.6) is 5.75 Å². The lowest BCUT2D eigenvalue weighted by Gasteiger charge is -2.03. The number of halogens is 1. The summed E-state index contributed by atoms with van der Waals surface area (Å²) in [4.78, 5) is 16.3. The normalized spacial score (nSPS) is 10.2. The van der Waals surface area contributed by atoms with Crippen LogP contribution in [0, 0.1) is 11.8 Å². The highest BCUT2D eigenvalue weighted by atomic mass is 35.5. The van der Waals surface area contributed by atoms with E-state index in [9.17, 15) is 4.79 Å². The molecule has 0 aliphatic rings. The molecule has 26 heavy (non-hydrogen) atoms. The Morgan fingerprint density at radius 3 is 2.85 bits per heavy atom. The minimum absolute atomic E-state index is 0.0735. The third-order valence-electron chi connectivity index (χ3n) is 3.24. The Kier molecular flexibility index (Phi) is 6.78. The van der Waals surface area contributed by atoms with E-state index in [0.717, 1.165) is 14.6 Å². The predicted molar refractivity (Wildman–Crippen MR) is 108 cm³/mol. The minimum atomic E-state index is -0.0735. The molecule has 0 unspecified atom stereocenters. The van der Waals surface area contributed by atoms with Crippen molar-refractivity contribution in [3.8, 4) is 17.6 Å². The molecule has 0 aliphatic heterocycles. The number of amides is 1. The second-order valence-electron chi connectivity index (χ2n) is 5.09. The average Bonchev–Trinajstić information content (AvgIpc) is 3.07. The van der Waals surface area contributed by atoms with Crippen molar-refractivity contribution < 1.29 is 9.53 Å². The lowest BCUT2D eigenvalue weighted by molar-refractivity contribution is -0.118. The van der Waals surface area contributed by atoms with E-state index in [4.69, 9.17) is 16.3 Å². The van der Waals surface area contributed by atoms with Crippen LogP contribution >= 0.6 is 34.7 Å². The quantitative estimate of drug-likeness (QED) is 0.495. The summed E-state index contributed by atoms with van der Waals surface area (Å²) in [5, 5.41) is 3.31. The third kappa shape index (κ3) is 5.40. The Bertz CT molecular complexity index is 930. The number of fused-ring (bicyclic) bond motifs is 1. The number of nitrogens with zero attached hydrogens (tertiary/aromatic N) is 1. The maximum absolute atomic E-state index is 11.9. The van der Waals surface area contributed by atoms with Gasteiger partial charge in [0.2, 0.25) is 5.91 Å². The van der Waals surface area contributed by atoms with Crippen LogP contribution < -0.4 is 10.1 Å². The van der Waals surface area contributed by atoms with Crippen molar-refractivity contribution in [1.82, 2.24) is 10.3 Å². The lowest BCUT2D eigenvalue weighted by Crippen LogP contribution is -2.25. The fourth-order valence-electron chi connectivity index (χ4n) is 2.02. The van der Waals surface area contributed by atoms with Crippen LogP contribution in [0.2, 0.25) is 5.02 Å². The number of carbonyl (C=O) groups is 1. The fourth-order valence-corrected chi connectivity index (χ4v) is 4.11. The zero-order chi connectivity index (χ0) is 18.2. The molecule has 1 N–H and O–H groups in total. The van der Waals surface area contributed by atoms with Gasteiger partial charge in [-0.2, -0.15) is 0 Å². The number of hydrogen-bond donors (Lipinski definition) is 1. The maximum Gasteiger partial charge on any atom is 0.231 e. The summed E-state index contributed by atoms with van der Waals surface area (Å²) in [7, 11) is 0. The van der Waals surface area contributed by atoms with Gasteiger partial charge in [0.1, 0.15) is 12.4 Å². The van der Waals surface area contributed by atoms with Crippen LogP contribution in [0.15, 0.2) is 52.9 Å². The summed E-state index contributed by atoms with van der Waals surface area (Å²) in [6.45, 7) is 0.505. The molecule has 1 aromatic heterocycles. The predicted octanol–water partition coefficient (Wildman–Crippen LogP) is 4.24. The Morgan fingerprint density at radius 1 is 1.19 bits per heavy atom. The maximum atomic E-state index is 11.9. The Morgan fingerprint density at radius 2 is 2.00 bits per heavy atom. The summed E-state index contributed by atoms with van der Waals surface area (Å²) >= 11 is 9.00. The van der Waals surface area contributed by atoms with Crippen LogP contribution in [0.4, 0.5) is 0 Å². The van der Waals surface area contributed by atoms with Crippen molar-refractivity contribution in [2.24, 2.45) is 0 Å². The highest BCUT2D eigenvalue weighted by molar-refractivity contribution is 8.01. The van der Waals surface area contributed by atoms with E-state index in [-0.39, 0.29) is 19.1 Å². The molecule has 0 saturated heterocycles. The number of rotatable bonds is 6. The topological polar surface area (TPSA) is 51.2 Å². The zero-order valence-electron chi connectivity index (χ0n) is 13.7.